The third-order valence-electron chi connectivity index (χ3n) is 3.81. The van der Waals surface area contributed by atoms with Gasteiger partial charge in [0.25, 0.3) is 0 Å². The first kappa shape index (κ1) is 15.5. The van der Waals surface area contributed by atoms with Gasteiger partial charge in [0.15, 0.2) is 0 Å². The minimum Gasteiger partial charge on any atom is -0.497 e. The van der Waals surface area contributed by atoms with Crippen LogP contribution in [-0.4, -0.2) is 19.6 Å². The molecule has 0 unspecified atom stereocenters. The lowest BCUT2D eigenvalue weighted by molar-refractivity contribution is -0.131. The van der Waals surface area contributed by atoms with E-state index in [1.165, 1.54) is 0 Å². The zero-order chi connectivity index (χ0) is 14.3. The zero-order valence-electron chi connectivity index (χ0n) is 12.0. The summed E-state index contributed by atoms with van der Waals surface area (Å²) in [7, 11) is 1.63. The third kappa shape index (κ3) is 3.70. The molecule has 0 aromatic heterocycles. The number of ether oxygens (including phenoxy) is 1. The van der Waals surface area contributed by atoms with Gasteiger partial charge in [-0.2, -0.15) is 0 Å². The lowest BCUT2D eigenvalue weighted by Gasteiger charge is -2.28. The number of methoxy groups -OCH3 is 1. The summed E-state index contributed by atoms with van der Waals surface area (Å²) in [6.45, 7) is 4.88. The molecule has 1 amide bonds. The second-order valence-corrected chi connectivity index (χ2v) is 4.73. The number of carbonyl (C=O) groups excluding carboxylic acids is 1. The van der Waals surface area contributed by atoms with Crippen LogP contribution in [0.5, 0.6) is 5.75 Å². The van der Waals surface area contributed by atoms with Crippen LogP contribution in [0.2, 0.25) is 0 Å². The van der Waals surface area contributed by atoms with E-state index in [0.29, 0.717) is 13.1 Å². The molecule has 0 atom stereocenters. The quantitative estimate of drug-likeness (QED) is 0.792. The zero-order valence-corrected chi connectivity index (χ0v) is 12.0. The molecule has 0 aliphatic heterocycles. The molecule has 1 aromatic carbocycles. The molecule has 3 N–H and O–H groups in total. The van der Waals surface area contributed by atoms with E-state index in [4.69, 9.17) is 10.5 Å². The van der Waals surface area contributed by atoms with E-state index in [1.807, 2.05) is 38.1 Å². The number of carbonyl (C=O) groups is 1. The number of nitrogens with two attached hydrogens (primary N) is 1. The van der Waals surface area contributed by atoms with Crippen molar-refractivity contribution in [2.75, 3.05) is 13.7 Å². The monoisotopic (exact) mass is 264 g/mol. The van der Waals surface area contributed by atoms with Gasteiger partial charge in [0.2, 0.25) is 5.91 Å². The Morgan fingerprint density at radius 3 is 2.58 bits per heavy atom. The molecule has 0 aliphatic carbocycles. The molecule has 0 saturated carbocycles. The molecular weight excluding hydrogens is 240 g/mol. The smallest absolute Gasteiger partial charge is 0.227 e. The van der Waals surface area contributed by atoms with E-state index in [1.54, 1.807) is 7.11 Å². The Hall–Kier alpha value is -1.55. The first-order valence-electron chi connectivity index (χ1n) is 6.73. The number of amides is 1. The minimum absolute atomic E-state index is 0.0304. The van der Waals surface area contributed by atoms with Crippen molar-refractivity contribution < 1.29 is 9.53 Å². The maximum Gasteiger partial charge on any atom is 0.227 e. The highest BCUT2D eigenvalue weighted by molar-refractivity contribution is 5.82. The molecule has 0 saturated heterocycles. The third-order valence-corrected chi connectivity index (χ3v) is 3.81. The van der Waals surface area contributed by atoms with Gasteiger partial charge in [-0.3, -0.25) is 4.79 Å². The predicted octanol–water partition coefficient (Wildman–Crippen LogP) is 2.08. The highest BCUT2D eigenvalue weighted by Gasteiger charge is 2.32. The van der Waals surface area contributed by atoms with Gasteiger partial charge in [-0.1, -0.05) is 26.0 Å². The Kier molecular flexibility index (Phi) is 5.83. The molecule has 0 aliphatic rings. The van der Waals surface area contributed by atoms with Crippen LogP contribution in [0.4, 0.5) is 0 Å². The summed E-state index contributed by atoms with van der Waals surface area (Å²) in [6, 6.07) is 7.68. The summed E-state index contributed by atoms with van der Waals surface area (Å²) in [4.78, 5) is 12.3. The van der Waals surface area contributed by atoms with Crippen LogP contribution in [0.3, 0.4) is 0 Å². The van der Waals surface area contributed by atoms with Gasteiger partial charge in [-0.15, -0.1) is 0 Å². The van der Waals surface area contributed by atoms with Crippen molar-refractivity contribution in [1.82, 2.24) is 5.32 Å². The molecule has 4 nitrogen and oxygen atoms in total. The first-order valence-corrected chi connectivity index (χ1v) is 6.73. The lowest BCUT2D eigenvalue weighted by Crippen LogP contribution is -2.45. The van der Waals surface area contributed by atoms with Crippen molar-refractivity contribution in [3.05, 3.63) is 29.8 Å². The minimum atomic E-state index is -0.446. The fraction of sp³-hybridized carbons (Fsp3) is 0.533. The molecule has 0 fully saturated rings. The highest BCUT2D eigenvalue weighted by Crippen LogP contribution is 2.25. The fourth-order valence-electron chi connectivity index (χ4n) is 2.10. The van der Waals surface area contributed by atoms with Gasteiger partial charge in [0.05, 0.1) is 12.5 Å². The summed E-state index contributed by atoms with van der Waals surface area (Å²) in [5, 5.41) is 2.97. The van der Waals surface area contributed by atoms with Crippen LogP contribution in [0.15, 0.2) is 24.3 Å². The average Bonchev–Trinajstić information content (AvgIpc) is 2.47. The molecule has 4 heteroatoms. The molecular formula is C15H24N2O2. The van der Waals surface area contributed by atoms with Crippen LogP contribution in [0.1, 0.15) is 32.3 Å². The van der Waals surface area contributed by atoms with Crippen molar-refractivity contribution in [3.8, 4) is 5.75 Å². The molecule has 0 bridgehead atoms. The van der Waals surface area contributed by atoms with Crippen molar-refractivity contribution in [3.63, 3.8) is 0 Å². The average molecular weight is 264 g/mol. The van der Waals surface area contributed by atoms with Crippen LogP contribution in [0.25, 0.3) is 0 Å². The van der Waals surface area contributed by atoms with Gasteiger partial charge >= 0.3 is 0 Å². The summed E-state index contributed by atoms with van der Waals surface area (Å²) in [5.74, 6) is 0.825. The summed E-state index contributed by atoms with van der Waals surface area (Å²) >= 11 is 0. The van der Waals surface area contributed by atoms with Crippen molar-refractivity contribution in [1.29, 1.82) is 0 Å². The largest absolute Gasteiger partial charge is 0.497 e. The van der Waals surface area contributed by atoms with Crippen LogP contribution in [-0.2, 0) is 11.3 Å². The maximum absolute atomic E-state index is 12.3. The van der Waals surface area contributed by atoms with Crippen LogP contribution in [0, 0.1) is 5.41 Å². The Morgan fingerprint density at radius 2 is 2.05 bits per heavy atom. The molecule has 0 radical (unpaired) electrons. The number of hydrogen-bond donors (Lipinski definition) is 2. The second kappa shape index (κ2) is 7.14. The first-order chi connectivity index (χ1) is 9.11. The predicted molar refractivity (Wildman–Crippen MR) is 76.9 cm³/mol. The topological polar surface area (TPSA) is 64.4 Å². The Labute approximate surface area is 115 Å². The summed E-state index contributed by atoms with van der Waals surface area (Å²) in [6.07, 6.45) is 1.51. The normalized spacial score (nSPS) is 11.2. The van der Waals surface area contributed by atoms with E-state index in [0.717, 1.165) is 24.2 Å². The van der Waals surface area contributed by atoms with E-state index in [2.05, 4.69) is 5.32 Å². The molecule has 106 valence electrons. The van der Waals surface area contributed by atoms with Gasteiger partial charge in [0, 0.05) is 13.1 Å². The van der Waals surface area contributed by atoms with Gasteiger partial charge in [-0.25, -0.2) is 0 Å². The number of hydrogen-bond acceptors (Lipinski definition) is 3. The SMILES string of the molecule is CCC(CC)(CN)C(=O)NCc1cccc(OC)c1. The highest BCUT2D eigenvalue weighted by atomic mass is 16.5. The van der Waals surface area contributed by atoms with Gasteiger partial charge in [0.1, 0.15) is 5.75 Å². The second-order valence-electron chi connectivity index (χ2n) is 4.73. The van der Waals surface area contributed by atoms with E-state index in [-0.39, 0.29) is 5.91 Å². The Morgan fingerprint density at radius 1 is 1.37 bits per heavy atom. The van der Waals surface area contributed by atoms with Gasteiger partial charge in [-0.05, 0) is 30.5 Å². The standard InChI is InChI=1S/C15H24N2O2/c1-4-15(5-2,11-16)14(18)17-10-12-7-6-8-13(9-12)19-3/h6-9H,4-5,10-11,16H2,1-3H3,(H,17,18). The Balaban J connectivity index is 2.67. The Bertz CT molecular complexity index is 406. The lowest BCUT2D eigenvalue weighted by atomic mass is 9.81. The number of rotatable bonds is 7. The maximum atomic E-state index is 12.3. The van der Waals surface area contributed by atoms with Crippen molar-refractivity contribution in [2.24, 2.45) is 11.1 Å². The fourth-order valence-corrected chi connectivity index (χ4v) is 2.10. The summed E-state index contributed by atoms with van der Waals surface area (Å²) < 4.78 is 5.16. The summed E-state index contributed by atoms with van der Waals surface area (Å²) in [5.41, 5.74) is 6.34. The van der Waals surface area contributed by atoms with Crippen LogP contribution < -0.4 is 15.8 Å². The van der Waals surface area contributed by atoms with Crippen LogP contribution >= 0.6 is 0 Å². The van der Waals surface area contributed by atoms with E-state index < -0.39 is 5.41 Å². The molecule has 19 heavy (non-hydrogen) atoms. The van der Waals surface area contributed by atoms with Gasteiger partial charge < -0.3 is 15.8 Å². The molecule has 0 heterocycles. The number of benzene rings is 1. The molecule has 0 spiro atoms. The van der Waals surface area contributed by atoms with Crippen molar-refractivity contribution >= 4 is 5.91 Å². The molecule has 1 aromatic rings. The number of nitrogens with one attached hydrogen (secondary N) is 1. The van der Waals surface area contributed by atoms with E-state index >= 15 is 0 Å². The van der Waals surface area contributed by atoms with E-state index in [9.17, 15) is 4.79 Å². The van der Waals surface area contributed by atoms with Crippen molar-refractivity contribution in [2.45, 2.75) is 33.2 Å². The molecule has 1 rings (SSSR count).